The Hall–Kier alpha value is -1.39. The largest absolute Gasteiger partial charge is 0.306 e. The van der Waals surface area contributed by atoms with Crippen molar-refractivity contribution >= 4 is 59.3 Å². The van der Waals surface area contributed by atoms with Crippen molar-refractivity contribution in [1.82, 2.24) is 9.38 Å². The molecule has 4 heteroatoms. The molecule has 2 heterocycles. The van der Waals surface area contributed by atoms with Crippen molar-refractivity contribution in [2.75, 3.05) is 0 Å². The van der Waals surface area contributed by atoms with Crippen LogP contribution in [0.5, 0.6) is 0 Å². The first-order valence-corrected chi connectivity index (χ1v) is 7.46. The van der Waals surface area contributed by atoms with Gasteiger partial charge in [-0.15, -0.1) is 0 Å². The molecule has 0 saturated heterocycles. The smallest absolute Gasteiger partial charge is 0.101 e. The lowest BCUT2D eigenvalue weighted by molar-refractivity contribution is 1.26. The molecule has 0 saturated carbocycles. The molecular formula is C15H8Br2N2. The van der Waals surface area contributed by atoms with Gasteiger partial charge in [-0.05, 0) is 40.2 Å². The standard InChI is InChI=1S/C15H8Br2N2/c16-10-6-12(17)15-14(7-10)19-11(8-18-15)5-9-3-1-2-4-13(9)19/h1-8H. The molecule has 4 aromatic rings. The maximum absolute atomic E-state index is 4.56. The fourth-order valence-electron chi connectivity index (χ4n) is 2.52. The van der Waals surface area contributed by atoms with Crippen molar-refractivity contribution < 1.29 is 0 Å². The van der Waals surface area contributed by atoms with Crippen molar-refractivity contribution in [2.45, 2.75) is 0 Å². The molecule has 0 atom stereocenters. The zero-order valence-electron chi connectivity index (χ0n) is 9.77. The summed E-state index contributed by atoms with van der Waals surface area (Å²) in [6, 6.07) is 14.7. The molecular weight excluding hydrogens is 368 g/mol. The molecule has 0 aliphatic heterocycles. The van der Waals surface area contributed by atoms with Gasteiger partial charge < -0.3 is 4.40 Å². The van der Waals surface area contributed by atoms with Gasteiger partial charge in [-0.3, -0.25) is 4.98 Å². The Labute approximate surface area is 126 Å². The first kappa shape index (κ1) is 11.4. The van der Waals surface area contributed by atoms with Crippen LogP contribution in [0.4, 0.5) is 0 Å². The minimum atomic E-state index is 0.969. The first-order valence-electron chi connectivity index (χ1n) is 5.88. The van der Waals surface area contributed by atoms with Crippen LogP contribution < -0.4 is 0 Å². The van der Waals surface area contributed by atoms with Gasteiger partial charge in [0.25, 0.3) is 0 Å². The highest BCUT2D eigenvalue weighted by Gasteiger charge is 2.09. The molecule has 0 bridgehead atoms. The van der Waals surface area contributed by atoms with Gasteiger partial charge in [0.1, 0.15) is 5.52 Å². The summed E-state index contributed by atoms with van der Waals surface area (Å²) >= 11 is 7.13. The van der Waals surface area contributed by atoms with Crippen LogP contribution in [0.3, 0.4) is 0 Å². The van der Waals surface area contributed by atoms with Crippen molar-refractivity contribution in [1.29, 1.82) is 0 Å². The molecule has 0 unspecified atom stereocenters. The van der Waals surface area contributed by atoms with Crippen LogP contribution in [-0.2, 0) is 0 Å². The Morgan fingerprint density at radius 3 is 2.68 bits per heavy atom. The minimum Gasteiger partial charge on any atom is -0.306 e. The quantitative estimate of drug-likeness (QED) is 0.414. The molecule has 0 radical (unpaired) electrons. The average molecular weight is 376 g/mol. The normalized spacial score (nSPS) is 11.7. The lowest BCUT2D eigenvalue weighted by atomic mass is 10.2. The third kappa shape index (κ3) is 1.63. The third-order valence-corrected chi connectivity index (χ3v) is 4.38. The summed E-state index contributed by atoms with van der Waals surface area (Å²) in [5, 5.41) is 1.23. The van der Waals surface area contributed by atoms with E-state index in [9.17, 15) is 0 Å². The van der Waals surface area contributed by atoms with E-state index in [-0.39, 0.29) is 0 Å². The van der Waals surface area contributed by atoms with Gasteiger partial charge in [0, 0.05) is 14.3 Å². The van der Waals surface area contributed by atoms with E-state index in [1.165, 1.54) is 10.9 Å². The molecule has 0 amide bonds. The Balaban J connectivity index is 2.36. The van der Waals surface area contributed by atoms with Crippen molar-refractivity contribution in [3.63, 3.8) is 0 Å². The third-order valence-electron chi connectivity index (χ3n) is 3.31. The van der Waals surface area contributed by atoms with Gasteiger partial charge in [0.2, 0.25) is 0 Å². The molecule has 0 aliphatic rings. The lowest BCUT2D eigenvalue weighted by Crippen LogP contribution is -1.91. The molecule has 2 aromatic heterocycles. The van der Waals surface area contributed by atoms with Crippen LogP contribution >= 0.6 is 31.9 Å². The molecule has 2 aromatic carbocycles. The number of rotatable bonds is 0. The molecule has 0 N–H and O–H groups in total. The van der Waals surface area contributed by atoms with Crippen LogP contribution in [0, 0.1) is 0 Å². The minimum absolute atomic E-state index is 0.969. The summed E-state index contributed by atoms with van der Waals surface area (Å²) in [6.07, 6.45) is 1.92. The average Bonchev–Trinajstić information content (AvgIpc) is 2.77. The van der Waals surface area contributed by atoms with Crippen LogP contribution in [0.2, 0.25) is 0 Å². The molecule has 4 rings (SSSR count). The van der Waals surface area contributed by atoms with E-state index in [0.29, 0.717) is 0 Å². The summed E-state index contributed by atoms with van der Waals surface area (Å²) in [5.74, 6) is 0. The van der Waals surface area contributed by atoms with Crippen LogP contribution in [-0.4, -0.2) is 9.38 Å². The zero-order chi connectivity index (χ0) is 13.0. The highest BCUT2D eigenvalue weighted by molar-refractivity contribution is 9.11. The van der Waals surface area contributed by atoms with Crippen molar-refractivity contribution in [2.24, 2.45) is 0 Å². The predicted octanol–water partition coefficient (Wildman–Crippen LogP) is 5.17. The summed E-state index contributed by atoms with van der Waals surface area (Å²) in [5.41, 5.74) is 4.38. The topological polar surface area (TPSA) is 17.3 Å². The van der Waals surface area contributed by atoms with Crippen molar-refractivity contribution in [3.05, 3.63) is 57.6 Å². The lowest BCUT2D eigenvalue weighted by Gasteiger charge is -2.06. The number of aromatic nitrogens is 2. The number of halogens is 2. The Bertz CT molecular complexity index is 941. The fraction of sp³-hybridized carbons (Fsp3) is 0. The van der Waals surface area contributed by atoms with E-state index in [2.05, 4.69) is 77.6 Å². The van der Waals surface area contributed by atoms with E-state index in [1.54, 1.807) is 0 Å². The summed E-state index contributed by atoms with van der Waals surface area (Å²) in [4.78, 5) is 4.56. The second kappa shape index (κ2) is 4.05. The number of nitrogens with zero attached hydrogens (tertiary/aromatic N) is 2. The van der Waals surface area contributed by atoms with E-state index >= 15 is 0 Å². The number of para-hydroxylation sites is 1. The Morgan fingerprint density at radius 1 is 0.947 bits per heavy atom. The van der Waals surface area contributed by atoms with Crippen LogP contribution in [0.1, 0.15) is 0 Å². The predicted molar refractivity (Wildman–Crippen MR) is 85.6 cm³/mol. The van der Waals surface area contributed by atoms with E-state index < -0.39 is 0 Å². The zero-order valence-corrected chi connectivity index (χ0v) is 12.9. The number of hydrogen-bond acceptors (Lipinski definition) is 1. The summed E-state index contributed by atoms with van der Waals surface area (Å²) < 4.78 is 4.28. The number of fused-ring (bicyclic) bond motifs is 5. The molecule has 0 aliphatic carbocycles. The monoisotopic (exact) mass is 374 g/mol. The van der Waals surface area contributed by atoms with Gasteiger partial charge in [-0.2, -0.15) is 0 Å². The first-order chi connectivity index (χ1) is 9.24. The Morgan fingerprint density at radius 2 is 1.79 bits per heavy atom. The fourth-order valence-corrected chi connectivity index (χ4v) is 3.83. The van der Waals surface area contributed by atoms with E-state index in [1.807, 2.05) is 12.3 Å². The summed E-state index contributed by atoms with van der Waals surface area (Å²) in [7, 11) is 0. The molecule has 2 nitrogen and oxygen atoms in total. The maximum Gasteiger partial charge on any atom is 0.101 e. The second-order valence-electron chi connectivity index (χ2n) is 4.48. The van der Waals surface area contributed by atoms with Crippen LogP contribution in [0.25, 0.3) is 27.5 Å². The number of benzene rings is 2. The molecule has 0 spiro atoms. The molecule has 19 heavy (non-hydrogen) atoms. The van der Waals surface area contributed by atoms with Crippen LogP contribution in [0.15, 0.2) is 57.6 Å². The van der Waals surface area contributed by atoms with Gasteiger partial charge in [0.15, 0.2) is 0 Å². The summed E-state index contributed by atoms with van der Waals surface area (Å²) in [6.45, 7) is 0. The van der Waals surface area contributed by atoms with Crippen molar-refractivity contribution in [3.8, 4) is 0 Å². The number of hydrogen-bond donors (Lipinski definition) is 0. The van der Waals surface area contributed by atoms with Gasteiger partial charge in [-0.25, -0.2) is 0 Å². The second-order valence-corrected chi connectivity index (χ2v) is 6.25. The van der Waals surface area contributed by atoms with Gasteiger partial charge in [-0.1, -0.05) is 34.1 Å². The Kier molecular flexibility index (Phi) is 2.44. The highest BCUT2D eigenvalue weighted by Crippen LogP contribution is 2.30. The highest BCUT2D eigenvalue weighted by atomic mass is 79.9. The van der Waals surface area contributed by atoms with Gasteiger partial charge >= 0.3 is 0 Å². The SMILES string of the molecule is Brc1cc(Br)c2ncc3cc4ccccc4n3c2c1. The molecule has 92 valence electrons. The maximum atomic E-state index is 4.56. The van der Waals surface area contributed by atoms with E-state index in [0.717, 1.165) is 25.5 Å². The van der Waals surface area contributed by atoms with Gasteiger partial charge in [0.05, 0.1) is 22.7 Å². The molecule has 0 fully saturated rings. The van der Waals surface area contributed by atoms with E-state index in [4.69, 9.17) is 0 Å².